The zero-order chi connectivity index (χ0) is 10.6. The van der Waals surface area contributed by atoms with Crippen molar-refractivity contribution in [3.63, 3.8) is 0 Å². The number of hydrogen-bond donors (Lipinski definition) is 2. The monoisotopic (exact) mass is 234 g/mol. The third-order valence-electron chi connectivity index (χ3n) is 2.33. The number of carbonyl (C=O) groups is 1. The summed E-state index contributed by atoms with van der Waals surface area (Å²) in [5.74, 6) is 0. The number of quaternary nitrogens is 1. The number of amides is 2. The number of rotatable bonds is 4. The summed E-state index contributed by atoms with van der Waals surface area (Å²) in [6, 6.07) is -0.471. The lowest BCUT2D eigenvalue weighted by molar-refractivity contribution is -0.915. The number of primary amides is 1. The summed E-state index contributed by atoms with van der Waals surface area (Å²) in [6.45, 7) is 3.77. The summed E-state index contributed by atoms with van der Waals surface area (Å²) in [6.07, 6.45) is 6.11. The lowest BCUT2D eigenvalue weighted by Gasteiger charge is -2.30. The molecule has 1 heterocycles. The fourth-order valence-electron chi connectivity index (χ4n) is 1.67. The Kier molecular flexibility index (Phi) is 5.46. The SMILES string of the molecule is CCCC[N+]1(NC(N)=O)C=CN(C)C1.[Cl-]. The highest BCUT2D eigenvalue weighted by atomic mass is 35.5. The second-order valence-corrected chi connectivity index (χ2v) is 3.78. The van der Waals surface area contributed by atoms with E-state index in [1.807, 2.05) is 24.3 Å². The maximum absolute atomic E-state index is 10.9. The van der Waals surface area contributed by atoms with Crippen LogP contribution in [-0.4, -0.2) is 35.8 Å². The van der Waals surface area contributed by atoms with E-state index < -0.39 is 6.03 Å². The molecule has 0 aromatic carbocycles. The molecule has 0 spiro atoms. The van der Waals surface area contributed by atoms with Crippen molar-refractivity contribution in [3.05, 3.63) is 12.4 Å². The number of halogens is 1. The average molecular weight is 235 g/mol. The lowest BCUT2D eigenvalue weighted by Crippen LogP contribution is -3.00. The van der Waals surface area contributed by atoms with Gasteiger partial charge in [0.05, 0.1) is 6.20 Å². The number of carbonyl (C=O) groups excluding carboxylic acids is 1. The topological polar surface area (TPSA) is 58.4 Å². The Morgan fingerprint density at radius 2 is 2.33 bits per heavy atom. The molecular formula is C9H19ClN4O. The Bertz CT molecular complexity index is 246. The minimum absolute atomic E-state index is 0. The van der Waals surface area contributed by atoms with Gasteiger partial charge in [0.1, 0.15) is 12.7 Å². The molecule has 0 bridgehead atoms. The number of nitrogens with two attached hydrogens (primary N) is 1. The van der Waals surface area contributed by atoms with E-state index in [-0.39, 0.29) is 12.4 Å². The van der Waals surface area contributed by atoms with Crippen LogP contribution in [0.5, 0.6) is 0 Å². The highest BCUT2D eigenvalue weighted by molar-refractivity contribution is 5.70. The maximum atomic E-state index is 10.9. The molecule has 0 aliphatic carbocycles. The number of hydrogen-bond acceptors (Lipinski definition) is 2. The first-order chi connectivity index (χ1) is 6.58. The van der Waals surface area contributed by atoms with Gasteiger partial charge in [-0.2, -0.15) is 10.0 Å². The third-order valence-corrected chi connectivity index (χ3v) is 2.33. The molecule has 0 aromatic heterocycles. The van der Waals surface area contributed by atoms with Crippen LogP contribution in [0, 0.1) is 0 Å². The van der Waals surface area contributed by atoms with Crippen LogP contribution in [0.3, 0.4) is 0 Å². The van der Waals surface area contributed by atoms with Gasteiger partial charge in [-0.15, -0.1) is 0 Å². The van der Waals surface area contributed by atoms with Crippen molar-refractivity contribution in [1.29, 1.82) is 0 Å². The quantitative estimate of drug-likeness (QED) is 0.532. The first kappa shape index (κ1) is 14.1. The lowest BCUT2D eigenvalue weighted by atomic mass is 10.3. The first-order valence-electron chi connectivity index (χ1n) is 4.92. The van der Waals surface area contributed by atoms with Crippen LogP contribution in [0.25, 0.3) is 0 Å². The van der Waals surface area contributed by atoms with Crippen molar-refractivity contribution in [1.82, 2.24) is 10.3 Å². The summed E-state index contributed by atoms with van der Waals surface area (Å²) in [5.41, 5.74) is 7.92. The summed E-state index contributed by atoms with van der Waals surface area (Å²) in [5, 5.41) is 0. The molecule has 1 aliphatic heterocycles. The Hall–Kier alpha value is -0.940. The van der Waals surface area contributed by atoms with Gasteiger partial charge in [-0.1, -0.05) is 13.3 Å². The molecule has 1 rings (SSSR count). The Morgan fingerprint density at radius 1 is 1.67 bits per heavy atom. The minimum Gasteiger partial charge on any atom is -1.00 e. The van der Waals surface area contributed by atoms with Crippen LogP contribution < -0.4 is 23.6 Å². The number of urea groups is 1. The molecule has 88 valence electrons. The van der Waals surface area contributed by atoms with Crippen LogP contribution in [0.4, 0.5) is 4.79 Å². The normalized spacial score (nSPS) is 23.7. The first-order valence-corrected chi connectivity index (χ1v) is 4.92. The summed E-state index contributed by atoms with van der Waals surface area (Å²) >= 11 is 0. The third kappa shape index (κ3) is 3.97. The van der Waals surface area contributed by atoms with Crippen molar-refractivity contribution in [2.75, 3.05) is 20.3 Å². The van der Waals surface area contributed by atoms with Gasteiger partial charge in [-0.05, 0) is 6.42 Å². The molecule has 0 saturated heterocycles. The van der Waals surface area contributed by atoms with Crippen molar-refractivity contribution in [3.8, 4) is 0 Å². The highest BCUT2D eigenvalue weighted by Crippen LogP contribution is 2.14. The number of nitrogens with one attached hydrogen (secondary N) is 1. The van der Waals surface area contributed by atoms with E-state index in [1.165, 1.54) is 0 Å². The molecule has 6 heteroatoms. The molecule has 5 nitrogen and oxygen atoms in total. The van der Waals surface area contributed by atoms with Gasteiger partial charge in [0.2, 0.25) is 0 Å². The molecular weight excluding hydrogens is 216 g/mol. The molecule has 1 unspecified atom stereocenters. The largest absolute Gasteiger partial charge is 1.00 e. The zero-order valence-corrected chi connectivity index (χ0v) is 10.00. The summed E-state index contributed by atoms with van der Waals surface area (Å²) < 4.78 is 0.444. The number of nitrogens with zero attached hydrogens (tertiary/aromatic N) is 2. The fraction of sp³-hybridized carbons (Fsp3) is 0.667. The standard InChI is InChI=1S/C9H18N4O.ClH/c1-3-4-6-13(11-9(10)14)7-5-12(2)8-13;/h5,7H,3-4,6,8H2,1-2H3,(H2-,10,11,14);1H. The molecule has 15 heavy (non-hydrogen) atoms. The van der Waals surface area contributed by atoms with Gasteiger partial charge in [-0.3, -0.25) is 0 Å². The second-order valence-electron chi connectivity index (χ2n) is 3.78. The van der Waals surface area contributed by atoms with Crippen LogP contribution in [0.15, 0.2) is 12.4 Å². The Morgan fingerprint density at radius 3 is 2.73 bits per heavy atom. The Labute approximate surface area is 96.9 Å². The van der Waals surface area contributed by atoms with E-state index >= 15 is 0 Å². The minimum atomic E-state index is -0.471. The molecule has 1 atom stereocenters. The van der Waals surface area contributed by atoms with Gasteiger partial charge in [0.15, 0.2) is 6.67 Å². The molecule has 0 aromatic rings. The maximum Gasteiger partial charge on any atom is 0.356 e. The molecule has 1 aliphatic rings. The average Bonchev–Trinajstić information content (AvgIpc) is 2.43. The predicted octanol–water partition coefficient (Wildman–Crippen LogP) is -2.44. The summed E-state index contributed by atoms with van der Waals surface area (Å²) in [7, 11) is 1.98. The van der Waals surface area contributed by atoms with Crippen LogP contribution >= 0.6 is 0 Å². The van der Waals surface area contributed by atoms with E-state index in [0.29, 0.717) is 4.59 Å². The molecule has 0 radical (unpaired) electrons. The van der Waals surface area contributed by atoms with Crippen LogP contribution in [0.2, 0.25) is 0 Å². The molecule has 0 fully saturated rings. The van der Waals surface area contributed by atoms with Gasteiger partial charge < -0.3 is 23.0 Å². The van der Waals surface area contributed by atoms with E-state index in [1.54, 1.807) is 0 Å². The van der Waals surface area contributed by atoms with Crippen molar-refractivity contribution < 1.29 is 21.8 Å². The molecule has 0 saturated carbocycles. The van der Waals surface area contributed by atoms with Crippen LogP contribution in [0.1, 0.15) is 19.8 Å². The smallest absolute Gasteiger partial charge is 0.356 e. The summed E-state index contributed by atoms with van der Waals surface area (Å²) in [4.78, 5) is 12.9. The van der Waals surface area contributed by atoms with Crippen LogP contribution in [-0.2, 0) is 0 Å². The predicted molar refractivity (Wildman–Crippen MR) is 54.5 cm³/mol. The van der Waals surface area contributed by atoms with Gasteiger partial charge in [0.25, 0.3) is 0 Å². The number of unbranched alkanes of at least 4 members (excludes halogenated alkanes) is 1. The fourth-order valence-corrected chi connectivity index (χ4v) is 1.67. The highest BCUT2D eigenvalue weighted by Gasteiger charge is 2.32. The van der Waals surface area contributed by atoms with E-state index in [9.17, 15) is 4.79 Å². The zero-order valence-electron chi connectivity index (χ0n) is 9.24. The van der Waals surface area contributed by atoms with Crippen molar-refractivity contribution in [2.45, 2.75) is 19.8 Å². The molecule has 2 amide bonds. The van der Waals surface area contributed by atoms with Gasteiger partial charge in [0, 0.05) is 7.05 Å². The van der Waals surface area contributed by atoms with Gasteiger partial charge >= 0.3 is 6.03 Å². The van der Waals surface area contributed by atoms with E-state index in [0.717, 1.165) is 26.1 Å². The molecule has 3 N–H and O–H groups in total. The van der Waals surface area contributed by atoms with Crippen molar-refractivity contribution >= 4 is 6.03 Å². The van der Waals surface area contributed by atoms with E-state index in [2.05, 4.69) is 12.3 Å². The van der Waals surface area contributed by atoms with Gasteiger partial charge in [-0.25, -0.2) is 4.79 Å². The second kappa shape index (κ2) is 5.82. The van der Waals surface area contributed by atoms with Crippen molar-refractivity contribution in [2.24, 2.45) is 5.73 Å². The Balaban J connectivity index is 0.00000196. The van der Waals surface area contributed by atoms with E-state index in [4.69, 9.17) is 5.73 Å².